The number of piperazine rings is 1. The Morgan fingerprint density at radius 3 is 1.95 bits per heavy atom. The second-order valence-electron chi connectivity index (χ2n) is 8.72. The normalized spacial score (nSPS) is 14.1. The predicted molar refractivity (Wildman–Crippen MR) is 136 cm³/mol. The van der Waals surface area contributed by atoms with Crippen LogP contribution in [0.4, 0.5) is 0 Å². The molecule has 10 nitrogen and oxygen atoms in total. The summed E-state index contributed by atoms with van der Waals surface area (Å²) in [6, 6.07) is 13.0. The molecule has 194 valence electrons. The number of hydrogen-bond acceptors (Lipinski definition) is 6. The quantitative estimate of drug-likeness (QED) is 0.227. The summed E-state index contributed by atoms with van der Waals surface area (Å²) >= 11 is 0. The molecule has 0 spiro atoms. The second-order valence-corrected chi connectivity index (χ2v) is 8.72. The van der Waals surface area contributed by atoms with E-state index in [1.807, 2.05) is 29.2 Å². The van der Waals surface area contributed by atoms with Crippen molar-refractivity contribution in [3.63, 3.8) is 0 Å². The number of carbonyl (C=O) groups is 4. The highest BCUT2D eigenvalue weighted by atomic mass is 16.5. The highest BCUT2D eigenvalue weighted by molar-refractivity contribution is 6.08. The molecule has 1 aliphatic heterocycles. The Hall–Kier alpha value is -4.20. The molecule has 0 saturated carbocycles. The van der Waals surface area contributed by atoms with Crippen LogP contribution in [0.2, 0.25) is 0 Å². The summed E-state index contributed by atoms with van der Waals surface area (Å²) in [5.41, 5.74) is 4.41. The number of benzene rings is 2. The van der Waals surface area contributed by atoms with E-state index < -0.39 is 23.8 Å². The van der Waals surface area contributed by atoms with Crippen LogP contribution < -0.4 is 10.8 Å². The molecule has 0 radical (unpaired) electrons. The first-order valence-electron chi connectivity index (χ1n) is 11.8. The number of nitrogens with one attached hydrogen (secondary N) is 2. The van der Waals surface area contributed by atoms with Crippen LogP contribution >= 0.6 is 0 Å². The largest absolute Gasteiger partial charge is 0.357 e. The van der Waals surface area contributed by atoms with Gasteiger partial charge in [-0.05, 0) is 42.0 Å². The fraction of sp³-hybridized carbons (Fsp3) is 0.333. The first kappa shape index (κ1) is 27.4. The number of hydrogen-bond donors (Lipinski definition) is 3. The second kappa shape index (κ2) is 12.7. The molecule has 2 aromatic carbocycles. The fourth-order valence-electron chi connectivity index (χ4n) is 4.00. The Morgan fingerprint density at radius 2 is 1.46 bits per heavy atom. The highest BCUT2D eigenvalue weighted by Gasteiger charge is 2.33. The Bertz CT molecular complexity index is 1180. The molecule has 0 aliphatic carbocycles. The molecule has 0 aromatic heterocycles. The van der Waals surface area contributed by atoms with E-state index >= 15 is 0 Å². The first-order valence-corrected chi connectivity index (χ1v) is 11.8. The van der Waals surface area contributed by atoms with E-state index in [2.05, 4.69) is 22.1 Å². The van der Waals surface area contributed by atoms with Gasteiger partial charge in [0.05, 0.1) is 0 Å². The molecule has 1 fully saturated rings. The van der Waals surface area contributed by atoms with Gasteiger partial charge in [0.15, 0.2) is 6.04 Å². The average molecular weight is 506 g/mol. The molecule has 2 aromatic rings. The number of rotatable bonds is 6. The predicted octanol–water partition coefficient (Wildman–Crippen LogP) is 0.443. The molecule has 3 N–H and O–H groups in total. The summed E-state index contributed by atoms with van der Waals surface area (Å²) in [6.07, 6.45) is 0. The third-order valence-corrected chi connectivity index (χ3v) is 6.22. The lowest BCUT2D eigenvalue weighted by molar-refractivity contribution is -0.140. The van der Waals surface area contributed by atoms with Crippen molar-refractivity contribution in [2.24, 2.45) is 0 Å². The molecule has 1 unspecified atom stereocenters. The summed E-state index contributed by atoms with van der Waals surface area (Å²) in [7, 11) is 2.64. The molecular formula is C27H31N5O5. The van der Waals surface area contributed by atoms with Gasteiger partial charge in [0.2, 0.25) is 5.91 Å². The Morgan fingerprint density at radius 1 is 0.919 bits per heavy atom. The van der Waals surface area contributed by atoms with E-state index in [9.17, 15) is 19.2 Å². The summed E-state index contributed by atoms with van der Waals surface area (Å²) in [4.78, 5) is 53.3. The molecular weight excluding hydrogens is 474 g/mol. The molecule has 1 atom stereocenters. The monoisotopic (exact) mass is 505 g/mol. The molecule has 3 rings (SSSR count). The van der Waals surface area contributed by atoms with Crippen molar-refractivity contribution < 1.29 is 24.4 Å². The van der Waals surface area contributed by atoms with Crippen LogP contribution in [0.3, 0.4) is 0 Å². The molecule has 1 heterocycles. The zero-order valence-corrected chi connectivity index (χ0v) is 21.2. The minimum atomic E-state index is -1.52. The molecule has 0 bridgehead atoms. The van der Waals surface area contributed by atoms with Crippen molar-refractivity contribution in [2.75, 3.05) is 40.3 Å². The minimum Gasteiger partial charge on any atom is -0.357 e. The summed E-state index contributed by atoms with van der Waals surface area (Å²) in [6.45, 7) is 5.66. The van der Waals surface area contributed by atoms with Crippen molar-refractivity contribution in [3.8, 4) is 11.8 Å². The Labute approximate surface area is 216 Å². The summed E-state index contributed by atoms with van der Waals surface area (Å²) in [5, 5.41) is 11.2. The van der Waals surface area contributed by atoms with Crippen LogP contribution in [0.15, 0.2) is 48.5 Å². The first-order chi connectivity index (χ1) is 17.7. The van der Waals surface area contributed by atoms with Gasteiger partial charge in [0.25, 0.3) is 17.7 Å². The van der Waals surface area contributed by atoms with Crippen molar-refractivity contribution in [3.05, 3.63) is 70.8 Å². The van der Waals surface area contributed by atoms with Gasteiger partial charge in [-0.3, -0.25) is 29.3 Å². The fourth-order valence-corrected chi connectivity index (χ4v) is 4.00. The molecule has 1 saturated heterocycles. The van der Waals surface area contributed by atoms with Gasteiger partial charge in [-0.2, -0.15) is 0 Å². The Kier molecular flexibility index (Phi) is 9.38. The third-order valence-electron chi connectivity index (χ3n) is 6.22. The van der Waals surface area contributed by atoms with Crippen LogP contribution in [0.25, 0.3) is 0 Å². The Balaban J connectivity index is 1.60. The lowest BCUT2D eigenvalue weighted by Crippen LogP contribution is -2.54. The van der Waals surface area contributed by atoms with E-state index in [1.54, 1.807) is 31.2 Å². The number of nitrogens with zero attached hydrogens (tertiary/aromatic N) is 3. The van der Waals surface area contributed by atoms with Crippen molar-refractivity contribution in [2.45, 2.75) is 19.5 Å². The van der Waals surface area contributed by atoms with Gasteiger partial charge < -0.3 is 15.1 Å². The summed E-state index contributed by atoms with van der Waals surface area (Å²) in [5.74, 6) is 3.99. The van der Waals surface area contributed by atoms with Gasteiger partial charge in [-0.25, -0.2) is 5.48 Å². The van der Waals surface area contributed by atoms with Crippen molar-refractivity contribution in [1.29, 1.82) is 0 Å². The van der Waals surface area contributed by atoms with Gasteiger partial charge in [0.1, 0.15) is 0 Å². The smallest absolute Gasteiger partial charge is 0.275 e. The molecule has 1 aliphatic rings. The van der Waals surface area contributed by atoms with Crippen LogP contribution in [-0.2, 0) is 20.9 Å². The van der Waals surface area contributed by atoms with E-state index in [4.69, 9.17) is 5.21 Å². The van der Waals surface area contributed by atoms with Gasteiger partial charge in [0, 0.05) is 70.4 Å². The zero-order chi connectivity index (χ0) is 26.9. The van der Waals surface area contributed by atoms with Gasteiger partial charge >= 0.3 is 0 Å². The SMILES string of the molecule is CNC(=O)C(C(=O)NO)N(C)C(=O)c1ccc(C#Cc2ccc(CN3CCN(C(C)=O)CC3)cc2)cc1. The van der Waals surface area contributed by atoms with E-state index in [0.29, 0.717) is 5.56 Å². The lowest BCUT2D eigenvalue weighted by atomic mass is 10.1. The maximum absolute atomic E-state index is 12.8. The highest BCUT2D eigenvalue weighted by Crippen LogP contribution is 2.12. The topological polar surface area (TPSA) is 122 Å². The van der Waals surface area contributed by atoms with Crippen molar-refractivity contribution >= 4 is 23.6 Å². The minimum absolute atomic E-state index is 0.123. The van der Waals surface area contributed by atoms with Crippen LogP contribution in [0, 0.1) is 11.8 Å². The molecule has 4 amide bonds. The summed E-state index contributed by atoms with van der Waals surface area (Å²) < 4.78 is 0. The van der Waals surface area contributed by atoms with E-state index in [-0.39, 0.29) is 11.5 Å². The van der Waals surface area contributed by atoms with Gasteiger partial charge in [-0.15, -0.1) is 0 Å². The number of carbonyl (C=O) groups excluding carboxylic acids is 4. The number of likely N-dealkylation sites (N-methyl/N-ethyl adjacent to an activating group) is 2. The zero-order valence-electron chi connectivity index (χ0n) is 21.2. The van der Waals surface area contributed by atoms with Crippen LogP contribution in [-0.4, -0.2) is 89.9 Å². The lowest BCUT2D eigenvalue weighted by Gasteiger charge is -2.34. The van der Waals surface area contributed by atoms with Gasteiger partial charge in [-0.1, -0.05) is 24.0 Å². The standard InChI is InChI=1S/C27H31N5O5/c1-19(33)32-16-14-31(15-17-32)18-22-8-6-20(7-9-22)4-5-21-10-12-23(13-11-21)27(36)30(3)24(25(34)28-2)26(35)29-37/h6-13,24,37H,14-18H2,1-3H3,(H,28,34)(H,29,35). The number of amides is 4. The molecule has 37 heavy (non-hydrogen) atoms. The average Bonchev–Trinajstić information content (AvgIpc) is 2.92. The maximum Gasteiger partial charge on any atom is 0.275 e. The molecule has 10 heteroatoms. The van der Waals surface area contributed by atoms with Crippen LogP contribution in [0.1, 0.15) is 34.0 Å². The number of hydroxylamine groups is 1. The maximum atomic E-state index is 12.8. The van der Waals surface area contributed by atoms with Crippen molar-refractivity contribution in [1.82, 2.24) is 25.5 Å². The van der Waals surface area contributed by atoms with E-state index in [1.165, 1.54) is 25.1 Å². The van der Waals surface area contributed by atoms with E-state index in [0.717, 1.165) is 43.2 Å². The van der Waals surface area contributed by atoms with Crippen LogP contribution in [0.5, 0.6) is 0 Å². The third kappa shape index (κ3) is 7.16.